The molecule has 0 saturated carbocycles. The molecular weight excluding hydrogens is 206 g/mol. The largest absolute Gasteiger partial charge is 0.368 e. The number of carbonyl (C=O) groups excluding carboxylic acids is 2. The summed E-state index contributed by atoms with van der Waals surface area (Å²) in [5.74, 6) is -0.581. The van der Waals surface area contributed by atoms with E-state index in [0.717, 1.165) is 12.8 Å². The Morgan fingerprint density at radius 1 is 1.50 bits per heavy atom. The molecule has 0 aromatic rings. The number of nitrogens with zero attached hydrogens (tertiary/aromatic N) is 1. The van der Waals surface area contributed by atoms with E-state index in [1.54, 1.807) is 6.08 Å². The van der Waals surface area contributed by atoms with Crippen LogP contribution < -0.4 is 11.1 Å². The summed E-state index contributed by atoms with van der Waals surface area (Å²) >= 11 is 0. The minimum absolute atomic E-state index is 0.00535. The molecule has 0 aromatic carbocycles. The maximum absolute atomic E-state index is 11.7. The number of primary amides is 1. The molecule has 0 saturated heterocycles. The lowest BCUT2D eigenvalue weighted by molar-refractivity contribution is -0.134. The van der Waals surface area contributed by atoms with Gasteiger partial charge in [-0.25, -0.2) is 0 Å². The Kier molecular flexibility index (Phi) is 8.15. The van der Waals surface area contributed by atoms with Gasteiger partial charge in [-0.1, -0.05) is 19.4 Å². The molecular formula is C11H21N3O2. The highest BCUT2D eigenvalue weighted by Gasteiger charge is 2.14. The summed E-state index contributed by atoms with van der Waals surface area (Å²) in [4.78, 5) is 24.0. The number of amides is 2. The molecule has 0 bridgehead atoms. The lowest BCUT2D eigenvalue weighted by atomic mass is 10.3. The van der Waals surface area contributed by atoms with E-state index in [1.165, 1.54) is 4.90 Å². The molecule has 0 aromatic heterocycles. The Labute approximate surface area is 96.7 Å². The van der Waals surface area contributed by atoms with Gasteiger partial charge in [0.05, 0.1) is 13.1 Å². The van der Waals surface area contributed by atoms with Crippen LogP contribution in [0.25, 0.3) is 0 Å². The maximum Gasteiger partial charge on any atom is 0.237 e. The van der Waals surface area contributed by atoms with Crippen molar-refractivity contribution in [3.8, 4) is 0 Å². The highest BCUT2D eigenvalue weighted by Crippen LogP contribution is 1.95. The summed E-state index contributed by atoms with van der Waals surface area (Å²) < 4.78 is 0. The second-order valence-corrected chi connectivity index (χ2v) is 3.55. The molecule has 0 radical (unpaired) electrons. The van der Waals surface area contributed by atoms with Crippen LogP contribution in [0.3, 0.4) is 0 Å². The van der Waals surface area contributed by atoms with E-state index >= 15 is 0 Å². The minimum Gasteiger partial charge on any atom is -0.368 e. The first kappa shape index (κ1) is 14.6. The third-order valence-electron chi connectivity index (χ3n) is 2.05. The lowest BCUT2D eigenvalue weighted by Gasteiger charge is -2.20. The van der Waals surface area contributed by atoms with Gasteiger partial charge in [0, 0.05) is 13.1 Å². The summed E-state index contributed by atoms with van der Waals surface area (Å²) in [7, 11) is 0. The van der Waals surface area contributed by atoms with Crippen LogP contribution in [0.5, 0.6) is 0 Å². The zero-order valence-corrected chi connectivity index (χ0v) is 9.87. The average Bonchev–Trinajstić information content (AvgIpc) is 2.23. The molecule has 3 N–H and O–H groups in total. The van der Waals surface area contributed by atoms with E-state index in [4.69, 9.17) is 5.73 Å². The van der Waals surface area contributed by atoms with Gasteiger partial charge in [0.1, 0.15) is 0 Å². The van der Waals surface area contributed by atoms with Gasteiger partial charge >= 0.3 is 0 Å². The quantitative estimate of drug-likeness (QED) is 0.426. The smallest absolute Gasteiger partial charge is 0.237 e. The van der Waals surface area contributed by atoms with Gasteiger partial charge in [-0.05, 0) is 6.42 Å². The fourth-order valence-corrected chi connectivity index (χ4v) is 1.22. The fourth-order valence-electron chi connectivity index (χ4n) is 1.22. The van der Waals surface area contributed by atoms with E-state index in [2.05, 4.69) is 11.9 Å². The Morgan fingerprint density at radius 2 is 2.19 bits per heavy atom. The summed E-state index contributed by atoms with van der Waals surface area (Å²) in [6.45, 7) is 6.93. The van der Waals surface area contributed by atoms with Crippen molar-refractivity contribution in [2.75, 3.05) is 26.2 Å². The van der Waals surface area contributed by atoms with E-state index in [-0.39, 0.29) is 19.0 Å². The van der Waals surface area contributed by atoms with Crippen molar-refractivity contribution in [2.45, 2.75) is 19.8 Å². The molecule has 0 aliphatic rings. The molecule has 0 spiro atoms. The Balaban J connectivity index is 4.08. The van der Waals surface area contributed by atoms with Gasteiger partial charge in [0.15, 0.2) is 0 Å². The molecule has 16 heavy (non-hydrogen) atoms. The van der Waals surface area contributed by atoms with Crippen LogP contribution >= 0.6 is 0 Å². The van der Waals surface area contributed by atoms with Crippen molar-refractivity contribution in [3.63, 3.8) is 0 Å². The summed E-state index contributed by atoms with van der Waals surface area (Å²) in [5.41, 5.74) is 5.09. The van der Waals surface area contributed by atoms with Gasteiger partial charge in [-0.2, -0.15) is 0 Å². The Bertz CT molecular complexity index is 241. The molecule has 5 nitrogen and oxygen atoms in total. The normalized spacial score (nSPS) is 9.81. The van der Waals surface area contributed by atoms with Crippen molar-refractivity contribution in [3.05, 3.63) is 12.7 Å². The first-order valence-electron chi connectivity index (χ1n) is 5.49. The molecule has 0 atom stereocenters. The van der Waals surface area contributed by atoms with Crippen molar-refractivity contribution in [1.82, 2.24) is 10.2 Å². The molecule has 92 valence electrons. The number of hydrogen-bond acceptors (Lipinski definition) is 3. The van der Waals surface area contributed by atoms with Crippen LogP contribution in [0.4, 0.5) is 0 Å². The first-order valence-corrected chi connectivity index (χ1v) is 5.49. The predicted octanol–water partition coefficient (Wildman–Crippen LogP) is -0.124. The van der Waals surface area contributed by atoms with Gasteiger partial charge in [0.25, 0.3) is 0 Å². The third kappa shape index (κ3) is 7.00. The van der Waals surface area contributed by atoms with Crippen molar-refractivity contribution in [1.29, 1.82) is 0 Å². The van der Waals surface area contributed by atoms with Gasteiger partial charge < -0.3 is 16.0 Å². The topological polar surface area (TPSA) is 75.4 Å². The number of carbonyl (C=O) groups is 2. The number of unbranched alkanes of at least 4 members (excludes halogenated alkanes) is 1. The Hall–Kier alpha value is -1.36. The molecule has 5 heteroatoms. The standard InChI is InChI=1S/C11H21N3O2/c1-3-5-7-14(9-10(12)15)11(16)8-13-6-4-2/h4,13H,2-3,5-9H2,1H3,(H2,12,15). The molecule has 0 unspecified atom stereocenters. The van der Waals surface area contributed by atoms with Gasteiger partial charge in [0.2, 0.25) is 11.8 Å². The van der Waals surface area contributed by atoms with E-state index in [1.807, 2.05) is 6.92 Å². The fraction of sp³-hybridized carbons (Fsp3) is 0.636. The van der Waals surface area contributed by atoms with Gasteiger partial charge in [-0.15, -0.1) is 6.58 Å². The van der Waals surface area contributed by atoms with Crippen LogP contribution in [-0.4, -0.2) is 42.9 Å². The zero-order chi connectivity index (χ0) is 12.4. The number of nitrogens with one attached hydrogen (secondary N) is 1. The number of nitrogens with two attached hydrogens (primary N) is 1. The summed E-state index contributed by atoms with van der Waals surface area (Å²) in [6.07, 6.45) is 3.53. The van der Waals surface area contributed by atoms with E-state index in [0.29, 0.717) is 13.1 Å². The molecule has 0 fully saturated rings. The van der Waals surface area contributed by atoms with Crippen LogP contribution in [0.2, 0.25) is 0 Å². The highest BCUT2D eigenvalue weighted by atomic mass is 16.2. The van der Waals surface area contributed by atoms with Crippen molar-refractivity contribution in [2.24, 2.45) is 5.73 Å². The van der Waals surface area contributed by atoms with Crippen LogP contribution in [-0.2, 0) is 9.59 Å². The van der Waals surface area contributed by atoms with Crippen molar-refractivity contribution >= 4 is 11.8 Å². The van der Waals surface area contributed by atoms with Crippen molar-refractivity contribution < 1.29 is 9.59 Å². The molecule has 0 aliphatic carbocycles. The number of hydrogen-bond donors (Lipinski definition) is 2. The van der Waals surface area contributed by atoms with E-state index < -0.39 is 5.91 Å². The molecule has 0 heterocycles. The second-order valence-electron chi connectivity index (χ2n) is 3.55. The van der Waals surface area contributed by atoms with Crippen LogP contribution in [0.15, 0.2) is 12.7 Å². The minimum atomic E-state index is -0.479. The van der Waals surface area contributed by atoms with Crippen LogP contribution in [0, 0.1) is 0 Å². The SMILES string of the molecule is C=CCNCC(=O)N(CCCC)CC(N)=O. The average molecular weight is 227 g/mol. The van der Waals surface area contributed by atoms with Crippen LogP contribution in [0.1, 0.15) is 19.8 Å². The first-order chi connectivity index (χ1) is 7.61. The van der Waals surface area contributed by atoms with Gasteiger partial charge in [-0.3, -0.25) is 9.59 Å². The zero-order valence-electron chi connectivity index (χ0n) is 9.87. The second kappa shape index (κ2) is 8.91. The third-order valence-corrected chi connectivity index (χ3v) is 2.05. The number of rotatable bonds is 9. The summed E-state index contributed by atoms with van der Waals surface area (Å²) in [6, 6.07) is 0. The molecule has 0 rings (SSSR count). The molecule has 0 aliphatic heterocycles. The summed E-state index contributed by atoms with van der Waals surface area (Å²) in [5, 5.41) is 2.90. The Morgan fingerprint density at radius 3 is 2.69 bits per heavy atom. The monoisotopic (exact) mass is 227 g/mol. The highest BCUT2D eigenvalue weighted by molar-refractivity contribution is 5.84. The predicted molar refractivity (Wildman–Crippen MR) is 63.7 cm³/mol. The lowest BCUT2D eigenvalue weighted by Crippen LogP contribution is -2.43. The maximum atomic E-state index is 11.7. The van der Waals surface area contributed by atoms with E-state index in [9.17, 15) is 9.59 Å². The molecule has 2 amide bonds.